The topological polar surface area (TPSA) is 66.8 Å². The molecule has 3 rings (SSSR count). The molecular formula is C18H11ClFNO4S2. The standard InChI is InChI=1S/C18H11ClFNO4S2/c19-12-8-11(5-6-13(12)20)21-17(24)15(27-18(21)26)7-10-3-1-2-4-14(10)25-9-16(22)23/h1-8H,9H2,(H,22,23)/b15-7+. The highest BCUT2D eigenvalue weighted by molar-refractivity contribution is 8.27. The van der Waals surface area contributed by atoms with Crippen molar-refractivity contribution in [2.45, 2.75) is 0 Å². The molecule has 1 saturated heterocycles. The van der Waals surface area contributed by atoms with E-state index in [4.69, 9.17) is 33.7 Å². The number of thiocarbonyl (C=S) groups is 1. The Kier molecular flexibility index (Phi) is 5.79. The Bertz CT molecular complexity index is 980. The third kappa shape index (κ3) is 4.29. The number of benzene rings is 2. The van der Waals surface area contributed by atoms with E-state index in [9.17, 15) is 14.0 Å². The fraction of sp³-hybridized carbons (Fsp3) is 0.0556. The van der Waals surface area contributed by atoms with Crippen LogP contribution in [0.2, 0.25) is 5.02 Å². The van der Waals surface area contributed by atoms with Crippen LogP contribution >= 0.6 is 35.6 Å². The first-order chi connectivity index (χ1) is 12.9. The van der Waals surface area contributed by atoms with E-state index in [2.05, 4.69) is 0 Å². The summed E-state index contributed by atoms with van der Waals surface area (Å²) in [4.78, 5) is 25.1. The third-order valence-electron chi connectivity index (χ3n) is 3.51. The lowest BCUT2D eigenvalue weighted by molar-refractivity contribution is -0.139. The van der Waals surface area contributed by atoms with Crippen molar-refractivity contribution in [3.05, 3.63) is 63.8 Å². The quantitative estimate of drug-likeness (QED) is 0.569. The number of carbonyl (C=O) groups excluding carboxylic acids is 1. The van der Waals surface area contributed by atoms with Gasteiger partial charge in [0.05, 0.1) is 15.6 Å². The lowest BCUT2D eigenvalue weighted by atomic mass is 10.2. The summed E-state index contributed by atoms with van der Waals surface area (Å²) in [6, 6.07) is 10.6. The lowest BCUT2D eigenvalue weighted by Gasteiger charge is -2.14. The summed E-state index contributed by atoms with van der Waals surface area (Å²) >= 11 is 12.1. The summed E-state index contributed by atoms with van der Waals surface area (Å²) in [5, 5.41) is 8.66. The maximum atomic E-state index is 13.4. The van der Waals surface area contributed by atoms with Gasteiger partial charge in [0.25, 0.3) is 5.91 Å². The van der Waals surface area contributed by atoms with Crippen molar-refractivity contribution in [1.82, 2.24) is 0 Å². The molecule has 2 aromatic carbocycles. The SMILES string of the molecule is O=C(O)COc1ccccc1/C=C1/SC(=S)N(c2ccc(F)c(Cl)c2)C1=O. The molecule has 1 amide bonds. The first kappa shape index (κ1) is 19.3. The molecule has 9 heteroatoms. The van der Waals surface area contributed by atoms with Gasteiger partial charge in [0.2, 0.25) is 0 Å². The minimum atomic E-state index is -1.11. The van der Waals surface area contributed by atoms with Gasteiger partial charge in [0, 0.05) is 5.56 Å². The molecule has 0 atom stereocenters. The number of rotatable bonds is 5. The highest BCUT2D eigenvalue weighted by Gasteiger charge is 2.33. The van der Waals surface area contributed by atoms with E-state index in [1.165, 1.54) is 17.0 Å². The molecule has 0 saturated carbocycles. The molecule has 1 aliphatic rings. The van der Waals surface area contributed by atoms with Gasteiger partial charge in [-0.15, -0.1) is 0 Å². The number of nitrogens with zero attached hydrogens (tertiary/aromatic N) is 1. The van der Waals surface area contributed by atoms with Crippen LogP contribution in [0.3, 0.4) is 0 Å². The van der Waals surface area contributed by atoms with E-state index in [1.54, 1.807) is 30.3 Å². The number of hydrogen-bond acceptors (Lipinski definition) is 5. The van der Waals surface area contributed by atoms with E-state index in [0.29, 0.717) is 21.9 Å². The Morgan fingerprint density at radius 1 is 1.33 bits per heavy atom. The summed E-state index contributed by atoms with van der Waals surface area (Å²) in [5.74, 6) is -1.76. The van der Waals surface area contributed by atoms with Crippen LogP contribution in [0, 0.1) is 5.82 Å². The number of amides is 1. The minimum absolute atomic E-state index is 0.113. The second-order valence-corrected chi connectivity index (χ2v) is 7.42. The van der Waals surface area contributed by atoms with Crippen LogP contribution in [0.4, 0.5) is 10.1 Å². The zero-order valence-electron chi connectivity index (χ0n) is 13.5. The van der Waals surface area contributed by atoms with Crippen molar-refractivity contribution in [1.29, 1.82) is 0 Å². The first-order valence-electron chi connectivity index (χ1n) is 7.53. The fourth-order valence-electron chi connectivity index (χ4n) is 2.33. The zero-order chi connectivity index (χ0) is 19.6. The average molecular weight is 424 g/mol. The molecule has 5 nitrogen and oxygen atoms in total. The van der Waals surface area contributed by atoms with E-state index >= 15 is 0 Å². The second kappa shape index (κ2) is 8.08. The van der Waals surface area contributed by atoms with Gasteiger partial charge in [-0.25, -0.2) is 9.18 Å². The van der Waals surface area contributed by atoms with Crippen molar-refractivity contribution in [2.75, 3.05) is 11.5 Å². The van der Waals surface area contributed by atoms with Crippen LogP contribution in [0.15, 0.2) is 47.4 Å². The Morgan fingerprint density at radius 3 is 2.78 bits per heavy atom. The van der Waals surface area contributed by atoms with Crippen molar-refractivity contribution in [3.63, 3.8) is 0 Å². The number of aliphatic carboxylic acids is 1. The van der Waals surface area contributed by atoms with Crippen LogP contribution in [0.5, 0.6) is 5.75 Å². The van der Waals surface area contributed by atoms with Gasteiger partial charge in [-0.3, -0.25) is 9.69 Å². The lowest BCUT2D eigenvalue weighted by Crippen LogP contribution is -2.27. The predicted octanol–water partition coefficient (Wildman–Crippen LogP) is 4.35. The number of carbonyl (C=O) groups is 2. The van der Waals surface area contributed by atoms with E-state index in [-0.39, 0.29) is 15.3 Å². The Balaban J connectivity index is 1.91. The number of anilines is 1. The van der Waals surface area contributed by atoms with Crippen LogP contribution < -0.4 is 9.64 Å². The summed E-state index contributed by atoms with van der Waals surface area (Å²) in [6.45, 7) is -0.500. The van der Waals surface area contributed by atoms with Crippen LogP contribution in [0.25, 0.3) is 6.08 Å². The monoisotopic (exact) mass is 423 g/mol. The third-order valence-corrected chi connectivity index (χ3v) is 5.10. The minimum Gasteiger partial charge on any atom is -0.481 e. The van der Waals surface area contributed by atoms with Crippen LogP contribution in [0.1, 0.15) is 5.56 Å². The molecule has 1 aliphatic heterocycles. The Morgan fingerprint density at radius 2 is 2.07 bits per heavy atom. The molecule has 1 N–H and O–H groups in total. The maximum absolute atomic E-state index is 13.4. The van der Waals surface area contributed by atoms with Crippen LogP contribution in [-0.2, 0) is 9.59 Å². The average Bonchev–Trinajstić information content (AvgIpc) is 2.90. The molecule has 138 valence electrons. The summed E-state index contributed by atoms with van der Waals surface area (Å²) < 4.78 is 18.9. The largest absolute Gasteiger partial charge is 0.481 e. The molecule has 0 radical (unpaired) electrons. The van der Waals surface area contributed by atoms with Crippen molar-refractivity contribution in [3.8, 4) is 5.75 Å². The Hall–Kier alpha value is -2.42. The number of carboxylic acid groups (broad SMARTS) is 1. The number of halogens is 2. The van der Waals surface area contributed by atoms with Crippen molar-refractivity contribution < 1.29 is 23.8 Å². The fourth-order valence-corrected chi connectivity index (χ4v) is 3.79. The van der Waals surface area contributed by atoms with Gasteiger partial charge in [-0.1, -0.05) is 53.8 Å². The van der Waals surface area contributed by atoms with E-state index < -0.39 is 18.4 Å². The van der Waals surface area contributed by atoms with Crippen molar-refractivity contribution >= 4 is 63.5 Å². The van der Waals surface area contributed by atoms with Gasteiger partial charge < -0.3 is 9.84 Å². The van der Waals surface area contributed by atoms with Gasteiger partial charge in [-0.05, 0) is 30.3 Å². The number of carboxylic acids is 1. The first-order valence-corrected chi connectivity index (χ1v) is 9.13. The number of thioether (sulfide) groups is 1. The van der Waals surface area contributed by atoms with E-state index in [0.717, 1.165) is 17.8 Å². The normalized spacial score (nSPS) is 15.5. The zero-order valence-corrected chi connectivity index (χ0v) is 15.9. The summed E-state index contributed by atoms with van der Waals surface area (Å²) in [5.41, 5.74) is 0.902. The smallest absolute Gasteiger partial charge is 0.341 e. The van der Waals surface area contributed by atoms with Crippen molar-refractivity contribution in [2.24, 2.45) is 0 Å². The Labute approximate surface area is 168 Å². The molecule has 0 aliphatic carbocycles. The highest BCUT2D eigenvalue weighted by Crippen LogP contribution is 2.38. The van der Waals surface area contributed by atoms with Crippen LogP contribution in [-0.4, -0.2) is 27.9 Å². The number of hydrogen-bond donors (Lipinski definition) is 1. The molecule has 0 bridgehead atoms. The van der Waals surface area contributed by atoms with Gasteiger partial charge in [-0.2, -0.15) is 0 Å². The maximum Gasteiger partial charge on any atom is 0.341 e. The molecular weight excluding hydrogens is 413 g/mol. The van der Waals surface area contributed by atoms with E-state index in [1.807, 2.05) is 0 Å². The van der Waals surface area contributed by atoms with Gasteiger partial charge in [0.15, 0.2) is 10.9 Å². The molecule has 0 aromatic heterocycles. The summed E-state index contributed by atoms with van der Waals surface area (Å²) in [7, 11) is 0. The molecule has 27 heavy (non-hydrogen) atoms. The molecule has 1 fully saturated rings. The molecule has 2 aromatic rings. The number of para-hydroxylation sites is 1. The second-order valence-electron chi connectivity index (χ2n) is 5.34. The van der Waals surface area contributed by atoms with Gasteiger partial charge in [0.1, 0.15) is 11.6 Å². The molecule has 0 unspecified atom stereocenters. The highest BCUT2D eigenvalue weighted by atomic mass is 35.5. The molecule has 1 heterocycles. The van der Waals surface area contributed by atoms with Gasteiger partial charge >= 0.3 is 5.97 Å². The predicted molar refractivity (Wildman–Crippen MR) is 107 cm³/mol. The number of ether oxygens (including phenoxy) is 1. The summed E-state index contributed by atoms with van der Waals surface area (Å²) in [6.07, 6.45) is 1.57. The molecule has 0 spiro atoms.